The van der Waals surface area contributed by atoms with Gasteiger partial charge in [-0.2, -0.15) is 5.10 Å². The van der Waals surface area contributed by atoms with E-state index in [-0.39, 0.29) is 0 Å². The van der Waals surface area contributed by atoms with Gasteiger partial charge in [-0.25, -0.2) is 0 Å². The van der Waals surface area contributed by atoms with Crippen LogP contribution in [0.3, 0.4) is 0 Å². The van der Waals surface area contributed by atoms with E-state index in [9.17, 15) is 10.0 Å². The highest BCUT2D eigenvalue weighted by molar-refractivity contribution is 6.59. The summed E-state index contributed by atoms with van der Waals surface area (Å²) in [4.78, 5) is 0. The first-order valence-electron chi connectivity index (χ1n) is 5.60. The summed E-state index contributed by atoms with van der Waals surface area (Å²) in [5, 5.41) is 22.9. The van der Waals surface area contributed by atoms with Gasteiger partial charge in [-0.3, -0.25) is 4.68 Å². The van der Waals surface area contributed by atoms with Crippen molar-refractivity contribution in [2.45, 2.75) is 32.7 Å². The molecule has 1 aromatic heterocycles. The third kappa shape index (κ3) is 2.00. The highest BCUT2D eigenvalue weighted by Gasteiger charge is 2.26. The molecule has 16 heavy (non-hydrogen) atoms. The first kappa shape index (κ1) is 11.6. The highest BCUT2D eigenvalue weighted by atomic mass is 16.5. The first-order chi connectivity index (χ1) is 7.61. The van der Waals surface area contributed by atoms with E-state index in [1.54, 1.807) is 6.92 Å². The van der Waals surface area contributed by atoms with E-state index in [0.29, 0.717) is 17.2 Å². The molecule has 1 aliphatic heterocycles. The van der Waals surface area contributed by atoms with Gasteiger partial charge in [0.15, 0.2) is 0 Å². The maximum atomic E-state index is 9.27. The van der Waals surface area contributed by atoms with Crippen molar-refractivity contribution in [3.8, 4) is 0 Å². The maximum absolute atomic E-state index is 9.27. The number of hydrogen-bond donors (Lipinski definition) is 2. The first-order valence-corrected chi connectivity index (χ1v) is 5.60. The van der Waals surface area contributed by atoms with Gasteiger partial charge in [0.25, 0.3) is 0 Å². The molecule has 0 atom stereocenters. The molecule has 5 nitrogen and oxygen atoms in total. The molecule has 1 aromatic rings. The molecular formula is C10H17BN2O3. The fraction of sp³-hybridized carbons (Fsp3) is 0.700. The molecular weight excluding hydrogens is 207 g/mol. The Morgan fingerprint density at radius 1 is 1.31 bits per heavy atom. The van der Waals surface area contributed by atoms with Crippen molar-refractivity contribution in [3.05, 3.63) is 11.4 Å². The lowest BCUT2D eigenvalue weighted by molar-refractivity contribution is 0.0656. The minimum atomic E-state index is -1.44. The van der Waals surface area contributed by atoms with Crippen LogP contribution >= 0.6 is 0 Å². The van der Waals surface area contributed by atoms with E-state index in [0.717, 1.165) is 31.7 Å². The Morgan fingerprint density at radius 2 is 1.94 bits per heavy atom. The molecule has 6 heteroatoms. The quantitative estimate of drug-likeness (QED) is 0.666. The topological polar surface area (TPSA) is 67.5 Å². The van der Waals surface area contributed by atoms with Crippen molar-refractivity contribution < 1.29 is 14.8 Å². The molecule has 2 rings (SSSR count). The minimum Gasteiger partial charge on any atom is -0.423 e. The van der Waals surface area contributed by atoms with Crippen LogP contribution in [0, 0.1) is 13.8 Å². The van der Waals surface area contributed by atoms with Gasteiger partial charge in [0.1, 0.15) is 0 Å². The molecule has 0 unspecified atom stereocenters. The third-order valence-electron chi connectivity index (χ3n) is 3.18. The Bertz CT molecular complexity index is 372. The molecule has 1 saturated heterocycles. The molecule has 0 aliphatic carbocycles. The van der Waals surface area contributed by atoms with E-state index >= 15 is 0 Å². The average molecular weight is 224 g/mol. The Kier molecular flexibility index (Phi) is 3.32. The lowest BCUT2D eigenvalue weighted by atomic mass is 9.78. The van der Waals surface area contributed by atoms with E-state index in [1.165, 1.54) is 0 Å². The summed E-state index contributed by atoms with van der Waals surface area (Å²) in [5.41, 5.74) is 2.07. The van der Waals surface area contributed by atoms with Crippen LogP contribution < -0.4 is 5.46 Å². The molecule has 0 bridgehead atoms. The van der Waals surface area contributed by atoms with Crippen molar-refractivity contribution in [1.29, 1.82) is 0 Å². The standard InChI is InChI=1S/C10H17BN2O3/c1-7-10(11(14)15)8(2)13(12-7)9-3-5-16-6-4-9/h9,14-15H,3-6H2,1-2H3. The lowest BCUT2D eigenvalue weighted by Crippen LogP contribution is -2.33. The van der Waals surface area contributed by atoms with Crippen LogP contribution in [-0.2, 0) is 4.74 Å². The van der Waals surface area contributed by atoms with Gasteiger partial charge in [-0.05, 0) is 26.7 Å². The number of ether oxygens (including phenoxy) is 1. The van der Waals surface area contributed by atoms with Gasteiger partial charge in [-0.15, -0.1) is 0 Å². The summed E-state index contributed by atoms with van der Waals surface area (Å²) < 4.78 is 7.22. The zero-order valence-corrected chi connectivity index (χ0v) is 9.68. The SMILES string of the molecule is Cc1nn(C2CCOCC2)c(C)c1B(O)O. The van der Waals surface area contributed by atoms with Gasteiger partial charge < -0.3 is 14.8 Å². The van der Waals surface area contributed by atoms with E-state index in [4.69, 9.17) is 4.74 Å². The molecule has 1 aliphatic rings. The molecule has 0 radical (unpaired) electrons. The average Bonchev–Trinajstić information content (AvgIpc) is 2.55. The van der Waals surface area contributed by atoms with Crippen LogP contribution in [0.4, 0.5) is 0 Å². The molecule has 0 spiro atoms. The molecule has 0 saturated carbocycles. The minimum absolute atomic E-state index is 0.319. The Balaban J connectivity index is 2.30. The molecule has 2 N–H and O–H groups in total. The zero-order chi connectivity index (χ0) is 11.7. The van der Waals surface area contributed by atoms with Crippen molar-refractivity contribution in [2.75, 3.05) is 13.2 Å². The Labute approximate surface area is 95.2 Å². The second-order valence-corrected chi connectivity index (χ2v) is 4.25. The van der Waals surface area contributed by atoms with Gasteiger partial charge >= 0.3 is 7.12 Å². The predicted molar refractivity (Wildman–Crippen MR) is 60.6 cm³/mol. The lowest BCUT2D eigenvalue weighted by Gasteiger charge is -2.23. The normalized spacial score (nSPS) is 17.8. The number of nitrogens with zero attached hydrogens (tertiary/aromatic N) is 2. The van der Waals surface area contributed by atoms with Gasteiger partial charge in [0.05, 0.1) is 11.7 Å². The van der Waals surface area contributed by atoms with Crippen LogP contribution in [0.5, 0.6) is 0 Å². The molecule has 0 amide bonds. The van der Waals surface area contributed by atoms with Gasteiger partial charge in [0.2, 0.25) is 0 Å². The van der Waals surface area contributed by atoms with Crippen LogP contribution in [0.15, 0.2) is 0 Å². The van der Waals surface area contributed by atoms with Crippen LogP contribution in [-0.4, -0.2) is 40.2 Å². The fourth-order valence-corrected chi connectivity index (χ4v) is 2.33. The van der Waals surface area contributed by atoms with E-state index < -0.39 is 7.12 Å². The summed E-state index contributed by atoms with van der Waals surface area (Å²) in [6.45, 7) is 5.18. The highest BCUT2D eigenvalue weighted by Crippen LogP contribution is 2.21. The van der Waals surface area contributed by atoms with Crippen LogP contribution in [0.1, 0.15) is 30.3 Å². The van der Waals surface area contributed by atoms with Crippen molar-refractivity contribution in [2.24, 2.45) is 0 Å². The molecule has 0 aromatic carbocycles. The Hall–Kier alpha value is -0.845. The summed E-state index contributed by atoms with van der Waals surface area (Å²) in [6.07, 6.45) is 1.87. The van der Waals surface area contributed by atoms with Crippen LogP contribution in [0.2, 0.25) is 0 Å². The molecule has 1 fully saturated rings. The number of rotatable bonds is 2. The van der Waals surface area contributed by atoms with Gasteiger partial charge in [-0.1, -0.05) is 0 Å². The number of aryl methyl sites for hydroxylation is 1. The van der Waals surface area contributed by atoms with E-state index in [1.807, 2.05) is 11.6 Å². The third-order valence-corrected chi connectivity index (χ3v) is 3.18. The molecule has 88 valence electrons. The summed E-state index contributed by atoms with van der Waals surface area (Å²) in [6, 6.07) is 0.319. The van der Waals surface area contributed by atoms with Gasteiger partial charge in [0, 0.05) is 24.4 Å². The van der Waals surface area contributed by atoms with Crippen molar-refractivity contribution in [3.63, 3.8) is 0 Å². The van der Waals surface area contributed by atoms with Crippen LogP contribution in [0.25, 0.3) is 0 Å². The number of aromatic nitrogens is 2. The smallest absolute Gasteiger partial charge is 0.423 e. The zero-order valence-electron chi connectivity index (χ0n) is 9.68. The monoisotopic (exact) mass is 224 g/mol. The maximum Gasteiger partial charge on any atom is 0.492 e. The second kappa shape index (κ2) is 4.57. The second-order valence-electron chi connectivity index (χ2n) is 4.25. The van der Waals surface area contributed by atoms with Crippen molar-refractivity contribution in [1.82, 2.24) is 9.78 Å². The fourth-order valence-electron chi connectivity index (χ4n) is 2.33. The summed E-state index contributed by atoms with van der Waals surface area (Å²) in [5.74, 6) is 0. The largest absolute Gasteiger partial charge is 0.492 e. The van der Waals surface area contributed by atoms with E-state index in [2.05, 4.69) is 5.10 Å². The summed E-state index contributed by atoms with van der Waals surface area (Å²) >= 11 is 0. The molecule has 2 heterocycles. The predicted octanol–water partition coefficient (Wildman–Crippen LogP) is -0.469. The summed E-state index contributed by atoms with van der Waals surface area (Å²) in [7, 11) is -1.44. The Morgan fingerprint density at radius 3 is 2.44 bits per heavy atom. The van der Waals surface area contributed by atoms with Crippen molar-refractivity contribution >= 4 is 12.6 Å². The number of hydrogen-bond acceptors (Lipinski definition) is 4.